The van der Waals surface area contributed by atoms with Crippen molar-refractivity contribution in [2.75, 3.05) is 0 Å². The number of hydrogen-bond acceptors (Lipinski definition) is 1. The van der Waals surface area contributed by atoms with E-state index in [0.717, 1.165) is 20.1 Å². The van der Waals surface area contributed by atoms with E-state index in [1.807, 2.05) is 56.3 Å². The van der Waals surface area contributed by atoms with Crippen molar-refractivity contribution in [1.29, 1.82) is 0 Å². The maximum Gasteiger partial charge on any atom is 0.252 e. The Morgan fingerprint density at radius 2 is 1.75 bits per heavy atom. The second-order valence-corrected chi connectivity index (χ2v) is 6.50. The molecule has 1 N–H and O–H groups in total. The molecule has 2 rings (SSSR count). The van der Waals surface area contributed by atoms with Gasteiger partial charge in [-0.3, -0.25) is 4.79 Å². The molecule has 0 aliphatic heterocycles. The molecule has 4 heteroatoms. The molecular formula is C16H15Br2NO. The highest BCUT2D eigenvalue weighted by Gasteiger charge is 2.13. The van der Waals surface area contributed by atoms with Gasteiger partial charge in [0.25, 0.3) is 5.91 Å². The van der Waals surface area contributed by atoms with Gasteiger partial charge in [-0.15, -0.1) is 0 Å². The summed E-state index contributed by atoms with van der Waals surface area (Å²) in [7, 11) is 0. The lowest BCUT2D eigenvalue weighted by atomic mass is 10.1. The molecule has 2 aromatic rings. The lowest BCUT2D eigenvalue weighted by Crippen LogP contribution is -2.26. The summed E-state index contributed by atoms with van der Waals surface area (Å²) in [5.74, 6) is -0.0766. The minimum atomic E-state index is -0.0766. The molecule has 0 fully saturated rings. The predicted octanol–water partition coefficient (Wildman–Crippen LogP) is 5.01. The fraction of sp³-hybridized carbons (Fsp3) is 0.188. The standard InChI is InChI=1S/C16H15Br2NO/c1-10-3-8-14(15(18)9-10)16(20)19-11(2)12-4-6-13(17)7-5-12/h3-9,11H,1-2H3,(H,19,20). The second-order valence-electron chi connectivity index (χ2n) is 4.73. The Labute approximate surface area is 135 Å². The van der Waals surface area contributed by atoms with E-state index in [0.29, 0.717) is 5.56 Å². The van der Waals surface area contributed by atoms with Crippen LogP contribution in [0.1, 0.15) is 34.5 Å². The van der Waals surface area contributed by atoms with Gasteiger partial charge in [0.15, 0.2) is 0 Å². The quantitative estimate of drug-likeness (QED) is 0.775. The van der Waals surface area contributed by atoms with Crippen molar-refractivity contribution in [3.05, 3.63) is 68.1 Å². The van der Waals surface area contributed by atoms with Crippen LogP contribution in [0.2, 0.25) is 0 Å². The molecule has 0 aliphatic rings. The average molecular weight is 397 g/mol. The Kier molecular flexibility index (Phi) is 5.00. The Balaban J connectivity index is 2.13. The van der Waals surface area contributed by atoms with E-state index in [1.165, 1.54) is 0 Å². The third-order valence-corrected chi connectivity index (χ3v) is 4.27. The Bertz CT molecular complexity index is 623. The maximum atomic E-state index is 12.3. The summed E-state index contributed by atoms with van der Waals surface area (Å²) in [4.78, 5) is 12.3. The van der Waals surface area contributed by atoms with Crippen molar-refractivity contribution in [2.45, 2.75) is 19.9 Å². The zero-order chi connectivity index (χ0) is 14.7. The first-order chi connectivity index (χ1) is 9.47. The summed E-state index contributed by atoms with van der Waals surface area (Å²) in [5.41, 5.74) is 2.85. The maximum absolute atomic E-state index is 12.3. The fourth-order valence-corrected chi connectivity index (χ4v) is 2.85. The fourth-order valence-electron chi connectivity index (χ4n) is 1.91. The number of carbonyl (C=O) groups excluding carboxylic acids is 1. The minimum absolute atomic E-state index is 0.0381. The van der Waals surface area contributed by atoms with Gasteiger partial charge < -0.3 is 5.32 Å². The largest absolute Gasteiger partial charge is 0.345 e. The molecular weight excluding hydrogens is 382 g/mol. The molecule has 1 amide bonds. The topological polar surface area (TPSA) is 29.1 Å². The van der Waals surface area contributed by atoms with E-state index in [9.17, 15) is 4.79 Å². The van der Waals surface area contributed by atoms with Crippen LogP contribution in [0.4, 0.5) is 0 Å². The van der Waals surface area contributed by atoms with Crippen molar-refractivity contribution in [3.8, 4) is 0 Å². The average Bonchev–Trinajstić information content (AvgIpc) is 2.39. The first-order valence-corrected chi connectivity index (χ1v) is 7.88. The van der Waals surface area contributed by atoms with Crippen LogP contribution in [0, 0.1) is 6.92 Å². The van der Waals surface area contributed by atoms with Gasteiger partial charge >= 0.3 is 0 Å². The summed E-state index contributed by atoms with van der Waals surface area (Å²) < 4.78 is 1.85. The number of rotatable bonds is 3. The molecule has 104 valence electrons. The van der Waals surface area contributed by atoms with Crippen LogP contribution < -0.4 is 5.32 Å². The molecule has 0 spiro atoms. The van der Waals surface area contributed by atoms with E-state index >= 15 is 0 Å². The molecule has 0 saturated heterocycles. The first-order valence-electron chi connectivity index (χ1n) is 6.30. The van der Waals surface area contributed by atoms with Crippen LogP contribution >= 0.6 is 31.9 Å². The van der Waals surface area contributed by atoms with E-state index in [1.54, 1.807) is 0 Å². The van der Waals surface area contributed by atoms with Crippen molar-refractivity contribution in [1.82, 2.24) is 5.32 Å². The molecule has 0 heterocycles. The van der Waals surface area contributed by atoms with Gasteiger partial charge in [-0.1, -0.05) is 34.1 Å². The van der Waals surface area contributed by atoms with Crippen LogP contribution in [0.25, 0.3) is 0 Å². The SMILES string of the molecule is Cc1ccc(C(=O)NC(C)c2ccc(Br)cc2)c(Br)c1. The number of halogens is 2. The zero-order valence-electron chi connectivity index (χ0n) is 11.3. The number of amides is 1. The smallest absolute Gasteiger partial charge is 0.252 e. The molecule has 0 aromatic heterocycles. The van der Waals surface area contributed by atoms with Crippen molar-refractivity contribution in [2.24, 2.45) is 0 Å². The summed E-state index contributed by atoms with van der Waals surface area (Å²) in [6.07, 6.45) is 0. The van der Waals surface area contributed by atoms with Crippen LogP contribution in [0.3, 0.4) is 0 Å². The third-order valence-electron chi connectivity index (χ3n) is 3.09. The number of hydrogen-bond donors (Lipinski definition) is 1. The molecule has 1 unspecified atom stereocenters. The van der Waals surface area contributed by atoms with E-state index in [2.05, 4.69) is 37.2 Å². The van der Waals surface area contributed by atoms with Gasteiger partial charge in [-0.05, 0) is 65.2 Å². The number of benzene rings is 2. The normalized spacial score (nSPS) is 12.0. The van der Waals surface area contributed by atoms with Crippen LogP contribution in [0.5, 0.6) is 0 Å². The number of aryl methyl sites for hydroxylation is 1. The molecule has 1 atom stereocenters. The zero-order valence-corrected chi connectivity index (χ0v) is 14.5. The van der Waals surface area contributed by atoms with Crippen molar-refractivity contribution >= 4 is 37.8 Å². The van der Waals surface area contributed by atoms with Gasteiger partial charge in [0.2, 0.25) is 0 Å². The van der Waals surface area contributed by atoms with Gasteiger partial charge in [0, 0.05) is 8.95 Å². The lowest BCUT2D eigenvalue weighted by Gasteiger charge is -2.15. The summed E-state index contributed by atoms with van der Waals surface area (Å²) in [5, 5.41) is 3.01. The van der Waals surface area contributed by atoms with Gasteiger partial charge in [0.1, 0.15) is 0 Å². The molecule has 0 aliphatic carbocycles. The molecule has 20 heavy (non-hydrogen) atoms. The number of carbonyl (C=O) groups is 1. The van der Waals surface area contributed by atoms with Crippen LogP contribution in [0.15, 0.2) is 51.4 Å². The Morgan fingerprint density at radius 1 is 1.10 bits per heavy atom. The third kappa shape index (κ3) is 3.70. The Morgan fingerprint density at radius 3 is 2.35 bits per heavy atom. The predicted molar refractivity (Wildman–Crippen MR) is 88.9 cm³/mol. The monoisotopic (exact) mass is 395 g/mol. The molecule has 2 nitrogen and oxygen atoms in total. The highest BCUT2D eigenvalue weighted by molar-refractivity contribution is 9.10. The first kappa shape index (κ1) is 15.3. The summed E-state index contributed by atoms with van der Waals surface area (Å²) in [6.45, 7) is 3.97. The highest BCUT2D eigenvalue weighted by atomic mass is 79.9. The van der Waals surface area contributed by atoms with E-state index < -0.39 is 0 Å². The van der Waals surface area contributed by atoms with E-state index in [-0.39, 0.29) is 11.9 Å². The molecule has 0 saturated carbocycles. The lowest BCUT2D eigenvalue weighted by molar-refractivity contribution is 0.0939. The molecule has 2 aromatic carbocycles. The van der Waals surface area contributed by atoms with Gasteiger partial charge in [-0.25, -0.2) is 0 Å². The number of nitrogens with one attached hydrogen (secondary N) is 1. The van der Waals surface area contributed by atoms with Gasteiger partial charge in [0.05, 0.1) is 11.6 Å². The van der Waals surface area contributed by atoms with E-state index in [4.69, 9.17) is 0 Å². The molecule has 0 radical (unpaired) electrons. The highest BCUT2D eigenvalue weighted by Crippen LogP contribution is 2.21. The summed E-state index contributed by atoms with van der Waals surface area (Å²) >= 11 is 6.84. The molecule has 0 bridgehead atoms. The van der Waals surface area contributed by atoms with Crippen molar-refractivity contribution in [3.63, 3.8) is 0 Å². The van der Waals surface area contributed by atoms with Crippen LogP contribution in [-0.2, 0) is 0 Å². The van der Waals surface area contributed by atoms with Crippen LogP contribution in [-0.4, -0.2) is 5.91 Å². The second kappa shape index (κ2) is 6.55. The van der Waals surface area contributed by atoms with Crippen molar-refractivity contribution < 1.29 is 4.79 Å². The van der Waals surface area contributed by atoms with Gasteiger partial charge in [-0.2, -0.15) is 0 Å². The Hall–Kier alpha value is -1.13. The summed E-state index contributed by atoms with van der Waals surface area (Å²) in [6, 6.07) is 13.6. The minimum Gasteiger partial charge on any atom is -0.345 e.